The van der Waals surface area contributed by atoms with Crippen molar-refractivity contribution >= 4 is 27.6 Å². The third-order valence-electron chi connectivity index (χ3n) is 4.54. The standard InChI is InChI=1S/C11H17N5O4S.C8H8N4/c1-2-21(18,19)16-7-5-15(6-8-16)20-11(17)14-10-9-12-3-4-13-10;9-7-1-3-8(4-2-7)12-6-5-10-11-12/h3-4,9H,2,5-8H2,1H3,(H,13,14,17);1-6H,9H2. The van der Waals surface area contributed by atoms with Gasteiger partial charge in [-0.25, -0.2) is 22.9 Å². The summed E-state index contributed by atoms with van der Waals surface area (Å²) in [6.45, 7) is 2.86. The highest BCUT2D eigenvalue weighted by Gasteiger charge is 2.27. The van der Waals surface area contributed by atoms with Gasteiger partial charge in [0.15, 0.2) is 5.82 Å². The number of rotatable bonds is 5. The first-order valence-corrected chi connectivity index (χ1v) is 11.7. The Morgan fingerprint density at radius 3 is 2.42 bits per heavy atom. The number of benzene rings is 1. The van der Waals surface area contributed by atoms with Gasteiger partial charge in [0.25, 0.3) is 0 Å². The summed E-state index contributed by atoms with van der Waals surface area (Å²) in [5, 5.41) is 11.4. The second kappa shape index (κ2) is 11.3. The molecule has 2 aromatic heterocycles. The van der Waals surface area contributed by atoms with Crippen LogP contribution >= 0.6 is 0 Å². The van der Waals surface area contributed by atoms with Crippen molar-refractivity contribution in [2.45, 2.75) is 6.92 Å². The van der Waals surface area contributed by atoms with E-state index in [9.17, 15) is 13.2 Å². The van der Waals surface area contributed by atoms with Gasteiger partial charge in [-0.3, -0.25) is 10.3 Å². The molecular formula is C19H25N9O4S. The molecule has 3 N–H and O–H groups in total. The molecule has 4 rings (SSSR count). The molecule has 1 aliphatic rings. The minimum Gasteiger partial charge on any atom is -0.399 e. The second-order valence-corrected chi connectivity index (χ2v) is 9.02. The van der Waals surface area contributed by atoms with Crippen LogP contribution in [0.25, 0.3) is 5.69 Å². The maximum Gasteiger partial charge on any atom is 0.432 e. The molecule has 176 valence electrons. The molecule has 0 aliphatic carbocycles. The summed E-state index contributed by atoms with van der Waals surface area (Å²) in [6.07, 6.45) is 7.07. The Balaban J connectivity index is 0.000000215. The monoisotopic (exact) mass is 475 g/mol. The maximum atomic E-state index is 11.7. The molecule has 1 saturated heterocycles. The lowest BCUT2D eigenvalue weighted by atomic mass is 10.3. The van der Waals surface area contributed by atoms with Crippen molar-refractivity contribution in [1.29, 1.82) is 0 Å². The van der Waals surface area contributed by atoms with Crippen LogP contribution in [0, 0.1) is 0 Å². The molecule has 0 radical (unpaired) electrons. The zero-order valence-corrected chi connectivity index (χ0v) is 18.8. The van der Waals surface area contributed by atoms with E-state index in [4.69, 9.17) is 10.6 Å². The van der Waals surface area contributed by atoms with E-state index in [0.717, 1.165) is 11.4 Å². The van der Waals surface area contributed by atoms with Crippen molar-refractivity contribution in [3.05, 3.63) is 55.2 Å². The lowest BCUT2D eigenvalue weighted by molar-refractivity contribution is -0.109. The van der Waals surface area contributed by atoms with Gasteiger partial charge in [0.05, 0.1) is 30.0 Å². The highest BCUT2D eigenvalue weighted by atomic mass is 32.2. The molecule has 0 saturated carbocycles. The molecule has 0 atom stereocenters. The summed E-state index contributed by atoms with van der Waals surface area (Å²) in [5.41, 5.74) is 7.24. The fraction of sp³-hybridized carbons (Fsp3) is 0.316. The summed E-state index contributed by atoms with van der Waals surface area (Å²) in [7, 11) is -3.19. The SMILES string of the molecule is CCS(=O)(=O)N1CCN(OC(=O)Nc2cnccn2)CC1.Nc1ccc(-n2ccnn2)cc1. The van der Waals surface area contributed by atoms with E-state index in [1.54, 1.807) is 24.0 Å². The topological polar surface area (TPSA) is 161 Å². The molecule has 0 unspecified atom stereocenters. The number of hydrogen-bond acceptors (Lipinski definition) is 10. The summed E-state index contributed by atoms with van der Waals surface area (Å²) in [6, 6.07) is 7.45. The van der Waals surface area contributed by atoms with E-state index in [-0.39, 0.29) is 11.6 Å². The molecule has 14 heteroatoms. The van der Waals surface area contributed by atoms with Gasteiger partial charge in [-0.2, -0.15) is 4.31 Å². The van der Waals surface area contributed by atoms with Crippen LogP contribution in [0.3, 0.4) is 0 Å². The third-order valence-corrected chi connectivity index (χ3v) is 6.42. The predicted molar refractivity (Wildman–Crippen MR) is 121 cm³/mol. The number of anilines is 2. The fourth-order valence-electron chi connectivity index (χ4n) is 2.80. The van der Waals surface area contributed by atoms with Crippen LogP contribution in [-0.2, 0) is 14.9 Å². The van der Waals surface area contributed by atoms with Crippen molar-refractivity contribution in [3.63, 3.8) is 0 Å². The Hall–Kier alpha value is -3.62. The van der Waals surface area contributed by atoms with E-state index < -0.39 is 16.1 Å². The van der Waals surface area contributed by atoms with Crippen molar-refractivity contribution in [2.75, 3.05) is 43.0 Å². The van der Waals surface area contributed by atoms with Gasteiger partial charge in [0.1, 0.15) is 0 Å². The van der Waals surface area contributed by atoms with E-state index in [2.05, 4.69) is 25.6 Å². The van der Waals surface area contributed by atoms with E-state index >= 15 is 0 Å². The molecule has 1 aromatic carbocycles. The minimum atomic E-state index is -3.19. The number of carbonyl (C=O) groups is 1. The average molecular weight is 476 g/mol. The van der Waals surface area contributed by atoms with E-state index in [0.29, 0.717) is 26.2 Å². The van der Waals surface area contributed by atoms with Gasteiger partial charge in [0.2, 0.25) is 10.0 Å². The van der Waals surface area contributed by atoms with Crippen LogP contribution < -0.4 is 11.1 Å². The van der Waals surface area contributed by atoms with Gasteiger partial charge in [-0.15, -0.1) is 10.2 Å². The second-order valence-electron chi connectivity index (χ2n) is 6.76. The Bertz CT molecular complexity index is 1100. The highest BCUT2D eigenvalue weighted by Crippen LogP contribution is 2.10. The highest BCUT2D eigenvalue weighted by molar-refractivity contribution is 7.89. The molecule has 3 aromatic rings. The minimum absolute atomic E-state index is 0.0705. The molecule has 33 heavy (non-hydrogen) atoms. The van der Waals surface area contributed by atoms with Gasteiger partial charge in [-0.1, -0.05) is 5.21 Å². The van der Waals surface area contributed by atoms with Crippen molar-refractivity contribution in [1.82, 2.24) is 34.3 Å². The first-order valence-electron chi connectivity index (χ1n) is 10.1. The molecule has 1 aliphatic heterocycles. The first kappa shape index (κ1) is 24.0. The number of nitrogens with one attached hydrogen (secondary N) is 1. The van der Waals surface area contributed by atoms with Crippen LogP contribution in [0.4, 0.5) is 16.3 Å². The van der Waals surface area contributed by atoms with Gasteiger partial charge < -0.3 is 10.6 Å². The summed E-state index contributed by atoms with van der Waals surface area (Å²) in [4.78, 5) is 24.4. The number of aromatic nitrogens is 5. The Labute approximate surface area is 191 Å². The van der Waals surface area contributed by atoms with Crippen LogP contribution in [0.1, 0.15) is 6.92 Å². The van der Waals surface area contributed by atoms with Crippen LogP contribution in [0.2, 0.25) is 0 Å². The van der Waals surface area contributed by atoms with Gasteiger partial charge in [0, 0.05) is 44.3 Å². The summed E-state index contributed by atoms with van der Waals surface area (Å²) >= 11 is 0. The zero-order valence-electron chi connectivity index (χ0n) is 18.0. The maximum absolute atomic E-state index is 11.7. The summed E-state index contributed by atoms with van der Waals surface area (Å²) < 4.78 is 26.5. The van der Waals surface area contributed by atoms with Crippen LogP contribution in [0.15, 0.2) is 55.2 Å². The first-order chi connectivity index (χ1) is 15.9. The number of nitrogens with zero attached hydrogens (tertiary/aromatic N) is 7. The predicted octanol–water partition coefficient (Wildman–Crippen LogP) is 0.757. The molecule has 0 bridgehead atoms. The molecule has 1 amide bonds. The fourth-order valence-corrected chi connectivity index (χ4v) is 3.89. The zero-order chi connectivity index (χ0) is 23.7. The largest absolute Gasteiger partial charge is 0.432 e. The molecule has 13 nitrogen and oxygen atoms in total. The van der Waals surface area contributed by atoms with Gasteiger partial charge in [-0.05, 0) is 31.2 Å². The number of piperazine rings is 1. The number of nitrogen functional groups attached to an aromatic ring is 1. The van der Waals surface area contributed by atoms with Crippen molar-refractivity contribution in [2.24, 2.45) is 0 Å². The normalized spacial score (nSPS) is 14.7. The van der Waals surface area contributed by atoms with E-state index in [1.165, 1.54) is 28.0 Å². The molecule has 3 heterocycles. The van der Waals surface area contributed by atoms with Gasteiger partial charge >= 0.3 is 6.09 Å². The number of hydrogen-bond donors (Lipinski definition) is 2. The lowest BCUT2D eigenvalue weighted by Crippen LogP contribution is -2.49. The van der Waals surface area contributed by atoms with Crippen LogP contribution in [0.5, 0.6) is 0 Å². The van der Waals surface area contributed by atoms with E-state index in [1.807, 2.05) is 24.3 Å². The molecule has 1 fully saturated rings. The number of sulfonamides is 1. The Morgan fingerprint density at radius 1 is 1.12 bits per heavy atom. The molecular weight excluding hydrogens is 450 g/mol. The lowest BCUT2D eigenvalue weighted by Gasteiger charge is -2.32. The van der Waals surface area contributed by atoms with Crippen molar-refractivity contribution < 1.29 is 18.0 Å². The number of carbonyl (C=O) groups excluding carboxylic acids is 1. The number of hydroxylamine groups is 2. The van der Waals surface area contributed by atoms with Crippen LogP contribution in [-0.4, -0.2) is 80.8 Å². The average Bonchev–Trinajstić information content (AvgIpc) is 3.36. The number of nitrogens with two attached hydrogens (primary N) is 1. The number of amides is 1. The smallest absolute Gasteiger partial charge is 0.399 e. The Morgan fingerprint density at radius 2 is 1.85 bits per heavy atom. The summed E-state index contributed by atoms with van der Waals surface area (Å²) in [5.74, 6) is 0.357. The quantitative estimate of drug-likeness (QED) is 0.504. The van der Waals surface area contributed by atoms with Crippen molar-refractivity contribution in [3.8, 4) is 5.69 Å². The third kappa shape index (κ3) is 7.20. The molecule has 0 spiro atoms. The Kier molecular flexibility index (Phi) is 8.23.